The molecule has 0 aromatic rings. The molecule has 0 unspecified atom stereocenters. The summed E-state index contributed by atoms with van der Waals surface area (Å²) in [5.41, 5.74) is 1.09. The molecule has 9 atom stereocenters. The highest BCUT2D eigenvalue weighted by molar-refractivity contribution is 6.70. The summed E-state index contributed by atoms with van der Waals surface area (Å²) in [5, 5.41) is 0. The largest absolute Gasteiger partial charge is 0.415 e. The van der Waals surface area contributed by atoms with E-state index in [1.165, 1.54) is 57.8 Å². The van der Waals surface area contributed by atoms with Crippen molar-refractivity contribution in [3.63, 3.8) is 0 Å². The van der Waals surface area contributed by atoms with Gasteiger partial charge in [-0.05, 0) is 144 Å². The van der Waals surface area contributed by atoms with Crippen LogP contribution in [0.3, 0.4) is 0 Å². The number of rotatable bonds is 5. The highest BCUT2D eigenvalue weighted by atomic mass is 28.4. The van der Waals surface area contributed by atoms with Gasteiger partial charge in [-0.3, -0.25) is 0 Å². The van der Waals surface area contributed by atoms with E-state index in [9.17, 15) is 0 Å². The maximum absolute atomic E-state index is 6.66. The maximum Gasteiger partial charge on any atom is 0.184 e. The molecule has 0 heterocycles. The Balaban J connectivity index is 1.48. The SMILES string of the molecule is C[C@@H](O[Si](C)(C)C)[C@H]1CC[C@H]2[C@@H]3CC[C@@H]4C[C@H](O[Si](C)(C)C)CC[C@]4(C)[C@H]3CC[C@]12C. The van der Waals surface area contributed by atoms with Crippen LogP contribution in [0.1, 0.15) is 78.6 Å². The Labute approximate surface area is 195 Å². The third kappa shape index (κ3) is 4.66. The second kappa shape index (κ2) is 8.24. The Morgan fingerprint density at radius 1 is 0.742 bits per heavy atom. The summed E-state index contributed by atoms with van der Waals surface area (Å²) >= 11 is 0. The van der Waals surface area contributed by atoms with E-state index in [-0.39, 0.29) is 0 Å². The molecule has 4 fully saturated rings. The van der Waals surface area contributed by atoms with Crippen molar-refractivity contribution in [1.29, 1.82) is 0 Å². The van der Waals surface area contributed by atoms with Crippen molar-refractivity contribution in [2.75, 3.05) is 0 Å². The molecular weight excluding hydrogens is 412 g/mol. The molecule has 4 rings (SSSR count). The molecule has 0 radical (unpaired) electrons. The fourth-order valence-corrected chi connectivity index (χ4v) is 11.8. The topological polar surface area (TPSA) is 18.5 Å². The average Bonchev–Trinajstić information content (AvgIpc) is 2.97. The minimum atomic E-state index is -1.48. The van der Waals surface area contributed by atoms with E-state index in [2.05, 4.69) is 60.1 Å². The third-order valence-electron chi connectivity index (χ3n) is 10.3. The van der Waals surface area contributed by atoms with Crippen molar-refractivity contribution in [1.82, 2.24) is 0 Å². The van der Waals surface area contributed by atoms with Gasteiger partial charge in [-0.1, -0.05) is 13.8 Å². The molecule has 0 aromatic carbocycles. The fourth-order valence-electron chi connectivity index (χ4n) is 9.28. The van der Waals surface area contributed by atoms with Gasteiger partial charge in [0.25, 0.3) is 0 Å². The van der Waals surface area contributed by atoms with Crippen LogP contribution in [0.2, 0.25) is 39.3 Å². The second-order valence-electron chi connectivity index (χ2n) is 14.4. The van der Waals surface area contributed by atoms with Gasteiger partial charge in [-0.15, -0.1) is 0 Å². The van der Waals surface area contributed by atoms with Crippen molar-refractivity contribution in [3.8, 4) is 0 Å². The minimum absolute atomic E-state index is 0.444. The molecule has 0 N–H and O–H groups in total. The lowest BCUT2D eigenvalue weighted by Crippen LogP contribution is -2.55. The van der Waals surface area contributed by atoms with Crippen molar-refractivity contribution in [3.05, 3.63) is 0 Å². The van der Waals surface area contributed by atoms with E-state index in [0.717, 1.165) is 29.6 Å². The van der Waals surface area contributed by atoms with E-state index < -0.39 is 16.6 Å². The minimum Gasteiger partial charge on any atom is -0.415 e. The van der Waals surface area contributed by atoms with E-state index in [1.807, 2.05) is 0 Å². The molecule has 2 nitrogen and oxygen atoms in total. The Morgan fingerprint density at radius 3 is 2.03 bits per heavy atom. The second-order valence-corrected chi connectivity index (χ2v) is 23.4. The van der Waals surface area contributed by atoms with Gasteiger partial charge in [0.05, 0.1) is 0 Å². The lowest BCUT2D eigenvalue weighted by atomic mass is 9.44. The molecule has 0 bridgehead atoms. The van der Waals surface area contributed by atoms with E-state index in [0.29, 0.717) is 23.0 Å². The highest BCUT2D eigenvalue weighted by Gasteiger charge is 2.61. The summed E-state index contributed by atoms with van der Waals surface area (Å²) < 4.78 is 13.3. The van der Waals surface area contributed by atoms with Gasteiger partial charge >= 0.3 is 0 Å². The van der Waals surface area contributed by atoms with Crippen LogP contribution in [0.15, 0.2) is 0 Å². The molecule has 4 heteroatoms. The molecule has 0 aromatic heterocycles. The summed E-state index contributed by atoms with van der Waals surface area (Å²) in [5.74, 6) is 4.55. The molecule has 31 heavy (non-hydrogen) atoms. The first-order valence-corrected chi connectivity index (χ1v) is 20.4. The molecule has 0 saturated heterocycles. The van der Waals surface area contributed by atoms with Gasteiger partial charge in [0.15, 0.2) is 16.6 Å². The van der Waals surface area contributed by atoms with Crippen LogP contribution in [-0.2, 0) is 8.85 Å². The quantitative estimate of drug-likeness (QED) is 0.382. The fraction of sp³-hybridized carbons (Fsp3) is 1.00. The highest BCUT2D eigenvalue weighted by Crippen LogP contribution is 2.68. The van der Waals surface area contributed by atoms with E-state index >= 15 is 0 Å². The zero-order chi connectivity index (χ0) is 22.8. The molecule has 0 amide bonds. The smallest absolute Gasteiger partial charge is 0.184 e. The Kier molecular flexibility index (Phi) is 6.50. The van der Waals surface area contributed by atoms with Gasteiger partial charge in [0.2, 0.25) is 0 Å². The van der Waals surface area contributed by atoms with Crippen molar-refractivity contribution >= 4 is 16.6 Å². The molecule has 4 saturated carbocycles. The predicted molar refractivity (Wildman–Crippen MR) is 137 cm³/mol. The van der Waals surface area contributed by atoms with Crippen molar-refractivity contribution < 1.29 is 8.85 Å². The van der Waals surface area contributed by atoms with Crippen LogP contribution in [0.25, 0.3) is 0 Å². The monoisotopic (exact) mass is 464 g/mol. The zero-order valence-electron chi connectivity index (χ0n) is 22.2. The van der Waals surface area contributed by atoms with E-state index in [4.69, 9.17) is 8.85 Å². The standard InChI is InChI=1S/C27H52O2Si2/c1-19(28-30(4,5)6)23-12-13-24-22-11-10-20-18-21(29-31(7,8)9)14-16-26(20,2)25(22)15-17-27(23,24)3/h19-25H,10-18H2,1-9H3/t19-,20-,21-,22+,23-,24+,25+,26+,27-/m1/s1. The van der Waals surface area contributed by atoms with E-state index in [1.54, 1.807) is 0 Å². The lowest BCUT2D eigenvalue weighted by Gasteiger charge is -2.61. The van der Waals surface area contributed by atoms with Gasteiger partial charge < -0.3 is 8.85 Å². The van der Waals surface area contributed by atoms with Crippen molar-refractivity contribution in [2.45, 2.75) is 130 Å². The lowest BCUT2D eigenvalue weighted by molar-refractivity contribution is -0.129. The molecule has 4 aliphatic carbocycles. The number of hydrogen-bond donors (Lipinski definition) is 0. The first-order valence-electron chi connectivity index (χ1n) is 13.6. The molecule has 180 valence electrons. The van der Waals surface area contributed by atoms with Crippen LogP contribution in [0.4, 0.5) is 0 Å². The van der Waals surface area contributed by atoms with Gasteiger partial charge in [-0.2, -0.15) is 0 Å². The summed E-state index contributed by atoms with van der Waals surface area (Å²) in [4.78, 5) is 0. The van der Waals surface area contributed by atoms with Crippen molar-refractivity contribution in [2.24, 2.45) is 40.4 Å². The number of hydrogen-bond acceptors (Lipinski definition) is 2. The molecule has 0 spiro atoms. The Morgan fingerprint density at radius 2 is 1.39 bits per heavy atom. The van der Waals surface area contributed by atoms with Crippen LogP contribution >= 0.6 is 0 Å². The number of fused-ring (bicyclic) bond motifs is 5. The molecule has 0 aliphatic heterocycles. The van der Waals surface area contributed by atoms with Crippen LogP contribution < -0.4 is 0 Å². The Bertz CT molecular complexity index is 653. The molecular formula is C27H52O2Si2. The zero-order valence-corrected chi connectivity index (χ0v) is 24.2. The summed E-state index contributed by atoms with van der Waals surface area (Å²) in [6.07, 6.45) is 13.8. The van der Waals surface area contributed by atoms with Gasteiger partial charge in [-0.25, -0.2) is 0 Å². The normalized spacial score (nSPS) is 46.7. The summed E-state index contributed by atoms with van der Waals surface area (Å²) in [6, 6.07) is 0. The predicted octanol–water partition coefficient (Wildman–Crippen LogP) is 8.11. The first-order chi connectivity index (χ1) is 14.2. The summed E-state index contributed by atoms with van der Waals surface area (Å²) in [7, 11) is -2.91. The van der Waals surface area contributed by atoms with Crippen LogP contribution in [-0.4, -0.2) is 28.8 Å². The Hall–Kier alpha value is 0.354. The summed E-state index contributed by atoms with van der Waals surface area (Å²) in [6.45, 7) is 21.9. The average molecular weight is 465 g/mol. The van der Waals surface area contributed by atoms with Crippen LogP contribution in [0.5, 0.6) is 0 Å². The molecule has 4 aliphatic rings. The van der Waals surface area contributed by atoms with Gasteiger partial charge in [0.1, 0.15) is 0 Å². The third-order valence-corrected chi connectivity index (χ3v) is 12.4. The first kappa shape index (κ1) is 24.5. The van der Waals surface area contributed by atoms with Crippen LogP contribution in [0, 0.1) is 40.4 Å². The van der Waals surface area contributed by atoms with Gasteiger partial charge in [0, 0.05) is 12.2 Å². The maximum atomic E-state index is 6.66.